The molecule has 5 heteroatoms. The zero-order valence-electron chi connectivity index (χ0n) is 9.23. The summed E-state index contributed by atoms with van der Waals surface area (Å²) in [6, 6.07) is 0. The average Bonchev–Trinajstić information content (AvgIpc) is 3.08. The average molecular weight is 242 g/mol. The second-order valence-electron chi connectivity index (χ2n) is 4.80. The van der Waals surface area contributed by atoms with Crippen molar-refractivity contribution in [2.75, 3.05) is 13.2 Å². The molecule has 0 N–H and O–H groups in total. The van der Waals surface area contributed by atoms with Gasteiger partial charge in [-0.3, -0.25) is 0 Å². The normalized spacial score (nSPS) is 25.9. The summed E-state index contributed by atoms with van der Waals surface area (Å²) in [5.41, 5.74) is 0. The number of hydrogen-bond acceptors (Lipinski definition) is 3. The molecule has 1 aromatic rings. The van der Waals surface area contributed by atoms with Crippen LogP contribution in [0.5, 0.6) is 0 Å². The number of nitrogens with zero attached hydrogens (tertiary/aromatic N) is 3. The molecule has 16 heavy (non-hydrogen) atoms. The van der Waals surface area contributed by atoms with Gasteiger partial charge < -0.3 is 9.30 Å². The van der Waals surface area contributed by atoms with Crippen molar-refractivity contribution in [2.24, 2.45) is 5.92 Å². The lowest BCUT2D eigenvalue weighted by molar-refractivity contribution is 0.0480. The van der Waals surface area contributed by atoms with Crippen LogP contribution in [0.1, 0.15) is 37.4 Å². The summed E-state index contributed by atoms with van der Waals surface area (Å²) >= 11 is 6.08. The molecule has 1 aliphatic carbocycles. The lowest BCUT2D eigenvalue weighted by Crippen LogP contribution is -2.23. The first-order valence-electron chi connectivity index (χ1n) is 6.01. The predicted octanol–water partition coefficient (Wildman–Crippen LogP) is 2.24. The van der Waals surface area contributed by atoms with Crippen LogP contribution >= 0.6 is 11.6 Å². The van der Waals surface area contributed by atoms with E-state index in [1.54, 1.807) is 0 Å². The number of halogens is 1. The van der Waals surface area contributed by atoms with E-state index in [-0.39, 0.29) is 0 Å². The predicted molar refractivity (Wildman–Crippen MR) is 60.6 cm³/mol. The maximum atomic E-state index is 6.08. The number of hydrogen-bond donors (Lipinski definition) is 0. The van der Waals surface area contributed by atoms with Gasteiger partial charge in [0.2, 0.25) is 5.28 Å². The monoisotopic (exact) mass is 241 g/mol. The maximum absolute atomic E-state index is 6.08. The quantitative estimate of drug-likeness (QED) is 0.815. The van der Waals surface area contributed by atoms with Gasteiger partial charge >= 0.3 is 0 Å². The third-order valence-corrected chi connectivity index (χ3v) is 3.65. The van der Waals surface area contributed by atoms with E-state index in [2.05, 4.69) is 14.8 Å². The van der Waals surface area contributed by atoms with Crippen LogP contribution in [0.4, 0.5) is 0 Å². The molecule has 0 radical (unpaired) electrons. The first-order valence-corrected chi connectivity index (χ1v) is 6.38. The van der Waals surface area contributed by atoms with Crippen molar-refractivity contribution < 1.29 is 4.74 Å². The van der Waals surface area contributed by atoms with Crippen molar-refractivity contribution in [1.29, 1.82) is 0 Å². The van der Waals surface area contributed by atoms with Crippen molar-refractivity contribution >= 4 is 11.6 Å². The Balaban J connectivity index is 1.74. The Hall–Kier alpha value is -0.610. The van der Waals surface area contributed by atoms with Crippen LogP contribution in [0, 0.1) is 5.92 Å². The molecule has 0 amide bonds. The summed E-state index contributed by atoms with van der Waals surface area (Å²) in [5.74, 6) is 2.25. The molecule has 3 rings (SSSR count). The zero-order valence-corrected chi connectivity index (χ0v) is 9.99. The molecule has 4 nitrogen and oxygen atoms in total. The van der Waals surface area contributed by atoms with Gasteiger partial charge in [-0.05, 0) is 37.3 Å². The third kappa shape index (κ3) is 2.09. The highest BCUT2D eigenvalue weighted by atomic mass is 35.5. The maximum Gasteiger partial charge on any atom is 0.225 e. The minimum absolute atomic E-state index is 0.535. The van der Waals surface area contributed by atoms with Crippen LogP contribution < -0.4 is 0 Å². The Morgan fingerprint density at radius 1 is 1.31 bits per heavy atom. The molecule has 0 aromatic carbocycles. The van der Waals surface area contributed by atoms with E-state index in [4.69, 9.17) is 16.3 Å². The molecule has 0 bridgehead atoms. The summed E-state index contributed by atoms with van der Waals surface area (Å²) in [6.07, 6.45) is 4.84. The molecule has 0 spiro atoms. The van der Waals surface area contributed by atoms with Crippen LogP contribution in [-0.2, 0) is 11.3 Å². The summed E-state index contributed by atoms with van der Waals surface area (Å²) in [5, 5.41) is 8.70. The van der Waals surface area contributed by atoms with Gasteiger partial charge in [0.05, 0.1) is 6.61 Å². The topological polar surface area (TPSA) is 39.9 Å². The summed E-state index contributed by atoms with van der Waals surface area (Å²) in [7, 11) is 0. The van der Waals surface area contributed by atoms with Crippen LogP contribution in [-0.4, -0.2) is 28.0 Å². The molecule has 1 atom stereocenters. The Bertz CT molecular complexity index is 369. The second kappa shape index (κ2) is 4.34. The summed E-state index contributed by atoms with van der Waals surface area (Å²) in [6.45, 7) is 2.66. The minimum Gasteiger partial charge on any atom is -0.381 e. The third-order valence-electron chi connectivity index (χ3n) is 3.37. The Morgan fingerprint density at radius 3 is 2.88 bits per heavy atom. The minimum atomic E-state index is 0.535. The SMILES string of the molecule is Clc1nnc(C2CC2)n1CC1CCCOC1. The summed E-state index contributed by atoms with van der Waals surface area (Å²) in [4.78, 5) is 0. The largest absolute Gasteiger partial charge is 0.381 e. The second-order valence-corrected chi connectivity index (χ2v) is 5.13. The van der Waals surface area contributed by atoms with Crippen molar-refractivity contribution in [3.8, 4) is 0 Å². The highest BCUT2D eigenvalue weighted by Crippen LogP contribution is 2.40. The Kier molecular flexibility index (Phi) is 2.86. The molecule has 1 aromatic heterocycles. The van der Waals surface area contributed by atoms with Gasteiger partial charge in [-0.1, -0.05) is 0 Å². The molecule has 88 valence electrons. The van der Waals surface area contributed by atoms with Crippen molar-refractivity contribution in [1.82, 2.24) is 14.8 Å². The van der Waals surface area contributed by atoms with Crippen molar-refractivity contribution in [3.05, 3.63) is 11.1 Å². The molecule has 2 fully saturated rings. The van der Waals surface area contributed by atoms with Gasteiger partial charge in [-0.15, -0.1) is 10.2 Å². The first-order chi connectivity index (χ1) is 7.84. The Morgan fingerprint density at radius 2 is 2.19 bits per heavy atom. The summed E-state index contributed by atoms with van der Waals surface area (Å²) < 4.78 is 7.57. The zero-order chi connectivity index (χ0) is 11.0. The Labute approximate surface area is 99.9 Å². The molecule has 1 unspecified atom stereocenters. The van der Waals surface area contributed by atoms with E-state index in [0.717, 1.165) is 32.0 Å². The van der Waals surface area contributed by atoms with E-state index in [1.807, 2.05) is 0 Å². The smallest absolute Gasteiger partial charge is 0.225 e. The standard InChI is InChI=1S/C11H16ClN3O/c12-11-14-13-10(9-3-4-9)15(11)6-8-2-1-5-16-7-8/h8-9H,1-7H2. The number of aromatic nitrogens is 3. The highest BCUT2D eigenvalue weighted by molar-refractivity contribution is 6.28. The van der Waals surface area contributed by atoms with Gasteiger partial charge in [0, 0.05) is 25.0 Å². The van der Waals surface area contributed by atoms with E-state index in [0.29, 0.717) is 17.1 Å². The van der Waals surface area contributed by atoms with E-state index in [9.17, 15) is 0 Å². The van der Waals surface area contributed by atoms with Crippen LogP contribution in [0.2, 0.25) is 5.28 Å². The molecular formula is C11H16ClN3O. The molecule has 1 aliphatic heterocycles. The lowest BCUT2D eigenvalue weighted by atomic mass is 10.0. The van der Waals surface area contributed by atoms with Gasteiger partial charge in [-0.2, -0.15) is 0 Å². The fraction of sp³-hybridized carbons (Fsp3) is 0.818. The van der Waals surface area contributed by atoms with Crippen LogP contribution in [0.15, 0.2) is 0 Å². The van der Waals surface area contributed by atoms with Crippen molar-refractivity contribution in [3.63, 3.8) is 0 Å². The highest BCUT2D eigenvalue weighted by Gasteiger charge is 2.31. The number of ether oxygens (including phenoxy) is 1. The lowest BCUT2D eigenvalue weighted by Gasteiger charge is -2.23. The molecule has 1 saturated carbocycles. The number of rotatable bonds is 3. The first kappa shape index (κ1) is 10.5. The van der Waals surface area contributed by atoms with E-state index >= 15 is 0 Å². The molecular weight excluding hydrogens is 226 g/mol. The fourth-order valence-electron chi connectivity index (χ4n) is 2.32. The van der Waals surface area contributed by atoms with Crippen LogP contribution in [0.3, 0.4) is 0 Å². The molecule has 2 heterocycles. The van der Waals surface area contributed by atoms with Gasteiger partial charge in [0.25, 0.3) is 0 Å². The van der Waals surface area contributed by atoms with E-state index in [1.165, 1.54) is 19.3 Å². The van der Waals surface area contributed by atoms with Crippen molar-refractivity contribution in [2.45, 2.75) is 38.1 Å². The molecule has 1 saturated heterocycles. The fourth-order valence-corrected chi connectivity index (χ4v) is 2.51. The van der Waals surface area contributed by atoms with E-state index < -0.39 is 0 Å². The van der Waals surface area contributed by atoms with Crippen LogP contribution in [0.25, 0.3) is 0 Å². The van der Waals surface area contributed by atoms with Gasteiger partial charge in [-0.25, -0.2) is 0 Å². The van der Waals surface area contributed by atoms with Gasteiger partial charge in [0.15, 0.2) is 0 Å². The molecule has 2 aliphatic rings. The van der Waals surface area contributed by atoms with Gasteiger partial charge in [0.1, 0.15) is 5.82 Å².